The molecule has 0 spiro atoms. The molecule has 25 heavy (non-hydrogen) atoms. The van der Waals surface area contributed by atoms with Crippen molar-refractivity contribution in [1.82, 2.24) is 5.32 Å². The van der Waals surface area contributed by atoms with Crippen LogP contribution in [0.3, 0.4) is 0 Å². The summed E-state index contributed by atoms with van der Waals surface area (Å²) in [7, 11) is 1.51. The zero-order chi connectivity index (χ0) is 18.2. The molecular formula is C18H18ClNO5. The van der Waals surface area contributed by atoms with Gasteiger partial charge in [-0.2, -0.15) is 0 Å². The molecule has 0 aliphatic carbocycles. The number of hydrogen-bond acceptors (Lipinski definition) is 4. The summed E-state index contributed by atoms with van der Waals surface area (Å²) in [5.74, 6) is -0.519. The number of para-hydroxylation sites is 2. The maximum absolute atomic E-state index is 12.2. The van der Waals surface area contributed by atoms with Gasteiger partial charge in [0.2, 0.25) is 0 Å². The van der Waals surface area contributed by atoms with Crippen LogP contribution in [0.2, 0.25) is 5.02 Å². The highest BCUT2D eigenvalue weighted by Gasteiger charge is 2.18. The molecule has 0 saturated carbocycles. The van der Waals surface area contributed by atoms with E-state index in [1.54, 1.807) is 48.5 Å². The quantitative estimate of drug-likeness (QED) is 0.753. The second-order valence-corrected chi connectivity index (χ2v) is 5.65. The maximum atomic E-state index is 12.2. The molecule has 7 heteroatoms. The predicted molar refractivity (Wildman–Crippen MR) is 93.1 cm³/mol. The second-order valence-electron chi connectivity index (χ2n) is 5.21. The molecule has 1 atom stereocenters. The Bertz CT molecular complexity index is 733. The summed E-state index contributed by atoms with van der Waals surface area (Å²) >= 11 is 5.84. The third kappa shape index (κ3) is 5.69. The first-order valence-electron chi connectivity index (χ1n) is 7.52. The number of nitrogens with one attached hydrogen (secondary N) is 1. The van der Waals surface area contributed by atoms with Crippen LogP contribution in [0.4, 0.5) is 0 Å². The first-order chi connectivity index (χ1) is 12.0. The van der Waals surface area contributed by atoms with Crippen LogP contribution >= 0.6 is 11.6 Å². The van der Waals surface area contributed by atoms with Gasteiger partial charge in [0.25, 0.3) is 5.91 Å². The third-order valence-electron chi connectivity index (χ3n) is 3.41. The zero-order valence-electron chi connectivity index (χ0n) is 13.6. The van der Waals surface area contributed by atoms with Crippen molar-refractivity contribution in [2.45, 2.75) is 12.5 Å². The number of carbonyl (C=O) groups is 2. The largest absolute Gasteiger partial charge is 0.493 e. The molecule has 1 amide bonds. The van der Waals surface area contributed by atoms with E-state index in [9.17, 15) is 9.59 Å². The van der Waals surface area contributed by atoms with E-state index in [1.165, 1.54) is 7.11 Å². The number of halogens is 1. The maximum Gasteiger partial charge on any atom is 0.305 e. The SMILES string of the molecule is COc1ccccc1OCC(=O)N[C@H](CC(=O)O)c1ccc(Cl)cc1. The lowest BCUT2D eigenvalue weighted by Crippen LogP contribution is -2.33. The normalized spacial score (nSPS) is 11.4. The van der Waals surface area contributed by atoms with Crippen LogP contribution < -0.4 is 14.8 Å². The van der Waals surface area contributed by atoms with Crippen LogP contribution in [0.25, 0.3) is 0 Å². The van der Waals surface area contributed by atoms with Crippen molar-refractivity contribution in [2.24, 2.45) is 0 Å². The Morgan fingerprint density at radius 1 is 1.12 bits per heavy atom. The number of carboxylic acid groups (broad SMARTS) is 1. The number of carbonyl (C=O) groups excluding carboxylic acids is 1. The van der Waals surface area contributed by atoms with E-state index in [-0.39, 0.29) is 13.0 Å². The smallest absolute Gasteiger partial charge is 0.305 e. The van der Waals surface area contributed by atoms with Crippen LogP contribution in [0.15, 0.2) is 48.5 Å². The van der Waals surface area contributed by atoms with E-state index < -0.39 is 17.9 Å². The van der Waals surface area contributed by atoms with Gasteiger partial charge in [-0.05, 0) is 29.8 Å². The van der Waals surface area contributed by atoms with Gasteiger partial charge in [0.05, 0.1) is 19.6 Å². The summed E-state index contributed by atoms with van der Waals surface area (Å²) in [4.78, 5) is 23.2. The van der Waals surface area contributed by atoms with Crippen LogP contribution in [0.5, 0.6) is 11.5 Å². The lowest BCUT2D eigenvalue weighted by Gasteiger charge is -2.18. The number of rotatable bonds is 8. The fraction of sp³-hybridized carbons (Fsp3) is 0.222. The summed E-state index contributed by atoms with van der Waals surface area (Å²) < 4.78 is 10.6. The highest BCUT2D eigenvalue weighted by molar-refractivity contribution is 6.30. The van der Waals surface area contributed by atoms with Gasteiger partial charge in [-0.3, -0.25) is 9.59 Å². The Labute approximate surface area is 150 Å². The Morgan fingerprint density at radius 2 is 1.76 bits per heavy atom. The minimum atomic E-state index is -1.02. The topological polar surface area (TPSA) is 84.9 Å². The molecule has 2 N–H and O–H groups in total. The first-order valence-corrected chi connectivity index (χ1v) is 7.90. The summed E-state index contributed by atoms with van der Waals surface area (Å²) in [6, 6.07) is 12.9. The molecule has 132 valence electrons. The molecule has 0 fully saturated rings. The summed E-state index contributed by atoms with van der Waals surface area (Å²) in [6.45, 7) is -0.260. The summed E-state index contributed by atoms with van der Waals surface area (Å²) in [5, 5.41) is 12.3. The second kappa shape index (κ2) is 8.94. The van der Waals surface area contributed by atoms with E-state index in [4.69, 9.17) is 26.2 Å². The molecule has 2 aromatic rings. The van der Waals surface area contributed by atoms with Gasteiger partial charge in [0.1, 0.15) is 0 Å². The van der Waals surface area contributed by atoms with Crippen molar-refractivity contribution in [3.05, 3.63) is 59.1 Å². The highest BCUT2D eigenvalue weighted by atomic mass is 35.5. The van der Waals surface area contributed by atoms with Gasteiger partial charge in [-0.15, -0.1) is 0 Å². The highest BCUT2D eigenvalue weighted by Crippen LogP contribution is 2.25. The number of benzene rings is 2. The number of ether oxygens (including phenoxy) is 2. The molecule has 0 bridgehead atoms. The van der Waals surface area contributed by atoms with Gasteiger partial charge in [-0.25, -0.2) is 0 Å². The molecule has 6 nitrogen and oxygen atoms in total. The minimum Gasteiger partial charge on any atom is -0.493 e. The van der Waals surface area contributed by atoms with Gasteiger partial charge >= 0.3 is 5.97 Å². The van der Waals surface area contributed by atoms with E-state index in [2.05, 4.69) is 5.32 Å². The standard InChI is InChI=1S/C18H18ClNO5/c1-24-15-4-2-3-5-16(15)25-11-17(21)20-14(10-18(22)23)12-6-8-13(19)9-7-12/h2-9,14H,10-11H2,1H3,(H,20,21)(H,22,23)/t14-/m1/s1. The third-order valence-corrected chi connectivity index (χ3v) is 3.67. The molecule has 2 rings (SSSR count). The Balaban J connectivity index is 2.01. The summed E-state index contributed by atoms with van der Waals surface area (Å²) in [6.07, 6.45) is -0.248. The number of hydrogen-bond donors (Lipinski definition) is 2. The molecule has 0 aromatic heterocycles. The van der Waals surface area contributed by atoms with Crippen LogP contribution in [0, 0.1) is 0 Å². The Morgan fingerprint density at radius 3 is 2.36 bits per heavy atom. The Hall–Kier alpha value is -2.73. The lowest BCUT2D eigenvalue weighted by atomic mass is 10.0. The molecule has 0 unspecified atom stereocenters. The summed E-state index contributed by atoms with van der Waals surface area (Å²) in [5.41, 5.74) is 0.650. The number of methoxy groups -OCH3 is 1. The molecule has 0 aliphatic heterocycles. The molecule has 0 aliphatic rings. The number of carboxylic acids is 1. The molecule has 0 radical (unpaired) electrons. The molecule has 2 aromatic carbocycles. The van der Waals surface area contributed by atoms with Crippen molar-refractivity contribution in [3.63, 3.8) is 0 Å². The molecular weight excluding hydrogens is 346 g/mol. The lowest BCUT2D eigenvalue weighted by molar-refractivity contribution is -0.137. The van der Waals surface area contributed by atoms with Crippen LogP contribution in [0.1, 0.15) is 18.0 Å². The van der Waals surface area contributed by atoms with Gasteiger partial charge < -0.3 is 19.9 Å². The average molecular weight is 364 g/mol. The fourth-order valence-electron chi connectivity index (χ4n) is 2.24. The first kappa shape index (κ1) is 18.6. The van der Waals surface area contributed by atoms with E-state index in [0.717, 1.165) is 0 Å². The molecule has 0 heterocycles. The van der Waals surface area contributed by atoms with Crippen molar-refractivity contribution >= 4 is 23.5 Å². The van der Waals surface area contributed by atoms with Gasteiger partial charge in [0, 0.05) is 5.02 Å². The monoisotopic (exact) mass is 363 g/mol. The zero-order valence-corrected chi connectivity index (χ0v) is 14.3. The van der Waals surface area contributed by atoms with Crippen LogP contribution in [-0.4, -0.2) is 30.7 Å². The van der Waals surface area contributed by atoms with E-state index in [1.807, 2.05) is 0 Å². The molecule has 0 saturated heterocycles. The van der Waals surface area contributed by atoms with Crippen molar-refractivity contribution < 1.29 is 24.2 Å². The Kier molecular flexibility index (Phi) is 6.65. The van der Waals surface area contributed by atoms with Crippen molar-refractivity contribution in [3.8, 4) is 11.5 Å². The van der Waals surface area contributed by atoms with Crippen LogP contribution in [-0.2, 0) is 9.59 Å². The van der Waals surface area contributed by atoms with E-state index in [0.29, 0.717) is 22.1 Å². The fourth-order valence-corrected chi connectivity index (χ4v) is 2.37. The van der Waals surface area contributed by atoms with Crippen molar-refractivity contribution in [1.29, 1.82) is 0 Å². The number of amides is 1. The minimum absolute atomic E-state index is 0.248. The number of aliphatic carboxylic acids is 1. The van der Waals surface area contributed by atoms with Gasteiger partial charge in [0.15, 0.2) is 18.1 Å². The van der Waals surface area contributed by atoms with Crippen molar-refractivity contribution in [2.75, 3.05) is 13.7 Å². The van der Waals surface area contributed by atoms with E-state index >= 15 is 0 Å². The average Bonchev–Trinajstić information content (AvgIpc) is 2.60. The predicted octanol–water partition coefficient (Wildman–Crippen LogP) is 3.06. The van der Waals surface area contributed by atoms with Gasteiger partial charge in [-0.1, -0.05) is 35.9 Å².